The largest absolute Gasteiger partial charge is 0.383 e. The zero-order valence-corrected chi connectivity index (χ0v) is 16.3. The maximum atomic E-state index is 12.6. The van der Waals surface area contributed by atoms with Gasteiger partial charge < -0.3 is 14.3 Å². The highest BCUT2D eigenvalue weighted by Gasteiger charge is 2.29. The summed E-state index contributed by atoms with van der Waals surface area (Å²) < 4.78 is 7.53. The number of para-hydroxylation sites is 1. The Hall–Kier alpha value is -2.44. The van der Waals surface area contributed by atoms with Crippen LogP contribution in [0.1, 0.15) is 41.4 Å². The predicted octanol–water partition coefficient (Wildman–Crippen LogP) is 2.81. The van der Waals surface area contributed by atoms with Gasteiger partial charge in [0.15, 0.2) is 0 Å². The number of methoxy groups -OCH3 is 1. The summed E-state index contributed by atoms with van der Waals surface area (Å²) >= 11 is 0. The lowest BCUT2D eigenvalue weighted by atomic mass is 10.1. The molecule has 5 rings (SSSR count). The first-order chi connectivity index (χ1) is 13.7. The van der Waals surface area contributed by atoms with Gasteiger partial charge in [0.2, 0.25) is 0 Å². The first-order valence-corrected chi connectivity index (χ1v) is 10.1. The van der Waals surface area contributed by atoms with Crippen molar-refractivity contribution in [1.82, 2.24) is 19.4 Å². The van der Waals surface area contributed by atoms with E-state index in [9.17, 15) is 4.79 Å². The van der Waals surface area contributed by atoms with Gasteiger partial charge in [-0.15, -0.1) is 0 Å². The Kier molecular flexibility index (Phi) is 4.53. The molecule has 2 aliphatic rings. The van der Waals surface area contributed by atoms with Crippen molar-refractivity contribution in [2.45, 2.75) is 44.8 Å². The molecule has 0 saturated heterocycles. The Bertz CT molecular complexity index is 1060. The van der Waals surface area contributed by atoms with Crippen molar-refractivity contribution in [1.29, 1.82) is 0 Å². The third kappa shape index (κ3) is 3.27. The molecule has 3 aromatic rings. The molecule has 1 aliphatic carbocycles. The van der Waals surface area contributed by atoms with Gasteiger partial charge in [0, 0.05) is 62.7 Å². The normalized spacial score (nSPS) is 17.2. The van der Waals surface area contributed by atoms with Crippen LogP contribution in [0, 0.1) is 0 Å². The van der Waals surface area contributed by atoms with Crippen molar-refractivity contribution in [2.75, 3.05) is 20.3 Å². The lowest BCUT2D eigenvalue weighted by Crippen LogP contribution is -2.35. The standard InChI is InChI=1S/C22H26N4O2/c1-28-11-10-26-13-16(17-4-2-3-5-20(17)26)12-25-9-8-19-18(14-25)22(27)24-21(23-19)15-6-7-15/h2-5,13,15H,6-12,14H2,1H3,(H,23,24,27). The van der Waals surface area contributed by atoms with Crippen LogP contribution >= 0.6 is 0 Å². The summed E-state index contributed by atoms with van der Waals surface area (Å²) in [5.74, 6) is 1.38. The first-order valence-electron chi connectivity index (χ1n) is 10.1. The van der Waals surface area contributed by atoms with E-state index in [0.717, 1.165) is 56.0 Å². The fourth-order valence-corrected chi connectivity index (χ4v) is 4.25. The van der Waals surface area contributed by atoms with Crippen molar-refractivity contribution in [3.05, 3.63) is 63.5 Å². The molecule has 1 aliphatic heterocycles. The molecular formula is C22H26N4O2. The van der Waals surface area contributed by atoms with Crippen LogP contribution in [-0.4, -0.2) is 39.7 Å². The van der Waals surface area contributed by atoms with Crippen molar-refractivity contribution in [3.63, 3.8) is 0 Å². The minimum atomic E-state index is 0.0547. The third-order valence-corrected chi connectivity index (χ3v) is 5.93. The van der Waals surface area contributed by atoms with Gasteiger partial charge >= 0.3 is 0 Å². The second kappa shape index (κ2) is 7.18. The maximum absolute atomic E-state index is 12.6. The number of aromatic nitrogens is 3. The average Bonchev–Trinajstić information content (AvgIpc) is 3.51. The number of fused-ring (bicyclic) bond motifs is 2. The highest BCUT2D eigenvalue weighted by molar-refractivity contribution is 5.83. The highest BCUT2D eigenvalue weighted by atomic mass is 16.5. The summed E-state index contributed by atoms with van der Waals surface area (Å²) in [6, 6.07) is 8.51. The smallest absolute Gasteiger partial charge is 0.255 e. The number of rotatable bonds is 6. The Labute approximate surface area is 164 Å². The van der Waals surface area contributed by atoms with E-state index in [1.807, 2.05) is 0 Å². The number of benzene rings is 1. The van der Waals surface area contributed by atoms with Gasteiger partial charge in [-0.25, -0.2) is 4.98 Å². The Balaban J connectivity index is 1.40. The molecule has 146 valence electrons. The number of H-pyrrole nitrogens is 1. The van der Waals surface area contributed by atoms with Crippen molar-refractivity contribution < 1.29 is 4.74 Å². The monoisotopic (exact) mass is 378 g/mol. The molecule has 0 atom stereocenters. The van der Waals surface area contributed by atoms with Gasteiger partial charge in [-0.1, -0.05) is 18.2 Å². The lowest BCUT2D eigenvalue weighted by Gasteiger charge is -2.27. The fraction of sp³-hybridized carbons (Fsp3) is 0.455. The highest BCUT2D eigenvalue weighted by Crippen LogP contribution is 2.38. The molecule has 1 fully saturated rings. The second-order valence-electron chi connectivity index (χ2n) is 7.97. The number of ether oxygens (including phenoxy) is 1. The minimum absolute atomic E-state index is 0.0547. The summed E-state index contributed by atoms with van der Waals surface area (Å²) in [6.45, 7) is 3.97. The lowest BCUT2D eigenvalue weighted by molar-refractivity contribution is 0.188. The molecule has 0 amide bonds. The molecule has 1 saturated carbocycles. The Morgan fingerprint density at radius 2 is 2.14 bits per heavy atom. The SMILES string of the molecule is COCCn1cc(CN2CCc3nc(C4CC4)[nH]c(=O)c3C2)c2ccccc21. The van der Waals surface area contributed by atoms with Gasteiger partial charge in [-0.05, 0) is 24.5 Å². The molecule has 2 aromatic heterocycles. The second-order valence-corrected chi connectivity index (χ2v) is 7.97. The van der Waals surface area contributed by atoms with Gasteiger partial charge in [-0.3, -0.25) is 9.69 Å². The van der Waals surface area contributed by atoms with Crippen LogP contribution < -0.4 is 5.56 Å². The molecule has 0 bridgehead atoms. The Morgan fingerprint density at radius 1 is 1.29 bits per heavy atom. The molecule has 1 N–H and O–H groups in total. The van der Waals surface area contributed by atoms with E-state index in [-0.39, 0.29) is 5.56 Å². The predicted molar refractivity (Wildman–Crippen MR) is 108 cm³/mol. The van der Waals surface area contributed by atoms with Crippen LogP contribution in [0.4, 0.5) is 0 Å². The van der Waals surface area contributed by atoms with Crippen LogP contribution in [-0.2, 0) is 30.8 Å². The number of hydrogen-bond acceptors (Lipinski definition) is 4. The molecule has 28 heavy (non-hydrogen) atoms. The molecule has 6 heteroatoms. The van der Waals surface area contributed by atoms with E-state index >= 15 is 0 Å². The summed E-state index contributed by atoms with van der Waals surface area (Å²) in [5.41, 5.74) is 4.44. The summed E-state index contributed by atoms with van der Waals surface area (Å²) in [4.78, 5) is 22.8. The number of hydrogen-bond donors (Lipinski definition) is 1. The molecule has 1 aromatic carbocycles. The fourth-order valence-electron chi connectivity index (χ4n) is 4.25. The van der Waals surface area contributed by atoms with Crippen LogP contribution in [0.15, 0.2) is 35.3 Å². The van der Waals surface area contributed by atoms with E-state index in [0.29, 0.717) is 19.1 Å². The van der Waals surface area contributed by atoms with E-state index in [1.165, 1.54) is 16.5 Å². The van der Waals surface area contributed by atoms with Gasteiger partial charge in [0.05, 0.1) is 17.9 Å². The number of aromatic amines is 1. The van der Waals surface area contributed by atoms with Crippen molar-refractivity contribution in [2.24, 2.45) is 0 Å². The molecular weight excluding hydrogens is 352 g/mol. The van der Waals surface area contributed by atoms with Crippen molar-refractivity contribution >= 4 is 10.9 Å². The average molecular weight is 378 g/mol. The minimum Gasteiger partial charge on any atom is -0.383 e. The van der Waals surface area contributed by atoms with E-state index in [2.05, 4.69) is 44.9 Å². The quantitative estimate of drug-likeness (QED) is 0.716. The van der Waals surface area contributed by atoms with E-state index < -0.39 is 0 Å². The zero-order valence-electron chi connectivity index (χ0n) is 16.3. The number of nitrogens with zero attached hydrogens (tertiary/aromatic N) is 3. The topological polar surface area (TPSA) is 63.1 Å². The molecule has 0 unspecified atom stereocenters. The van der Waals surface area contributed by atoms with Gasteiger partial charge in [0.25, 0.3) is 5.56 Å². The number of nitrogens with one attached hydrogen (secondary N) is 1. The zero-order chi connectivity index (χ0) is 19.1. The van der Waals surface area contributed by atoms with Gasteiger partial charge in [0.1, 0.15) is 5.82 Å². The van der Waals surface area contributed by atoms with Crippen LogP contribution in [0.2, 0.25) is 0 Å². The summed E-state index contributed by atoms with van der Waals surface area (Å²) in [7, 11) is 1.73. The summed E-state index contributed by atoms with van der Waals surface area (Å²) in [5, 5.41) is 1.28. The van der Waals surface area contributed by atoms with Gasteiger partial charge in [-0.2, -0.15) is 0 Å². The molecule has 3 heterocycles. The molecule has 6 nitrogen and oxygen atoms in total. The molecule has 0 radical (unpaired) electrons. The summed E-state index contributed by atoms with van der Waals surface area (Å²) in [6.07, 6.45) is 5.39. The third-order valence-electron chi connectivity index (χ3n) is 5.93. The van der Waals surface area contributed by atoms with E-state index in [1.54, 1.807) is 7.11 Å². The maximum Gasteiger partial charge on any atom is 0.255 e. The first kappa shape index (κ1) is 17.6. The Morgan fingerprint density at radius 3 is 2.96 bits per heavy atom. The van der Waals surface area contributed by atoms with Crippen LogP contribution in [0.5, 0.6) is 0 Å². The van der Waals surface area contributed by atoms with Crippen molar-refractivity contribution in [3.8, 4) is 0 Å². The molecule has 0 spiro atoms. The van der Waals surface area contributed by atoms with Crippen LogP contribution in [0.3, 0.4) is 0 Å². The van der Waals surface area contributed by atoms with Crippen LogP contribution in [0.25, 0.3) is 10.9 Å². The van der Waals surface area contributed by atoms with E-state index in [4.69, 9.17) is 9.72 Å².